The molecule has 1 saturated heterocycles. The number of benzene rings is 2. The number of rotatable bonds is 7. The number of carbonyl (C=O) groups is 4. The summed E-state index contributed by atoms with van der Waals surface area (Å²) in [7, 11) is 0. The standard InChI is InChI=1S/C27H32N2O7/c1-17-6-11-21(18(2)14-17)24(31)35-16-19-7-9-20(10-8-19)22(15-28-25(32)36-27(3,4)5)23(30)29-12-13-34-26(29)33/h6-11,14,22H,12-13,15-16H2,1-5H3,(H,28,32)/t22-/m1/s1. The van der Waals surface area contributed by atoms with Gasteiger partial charge < -0.3 is 19.5 Å². The summed E-state index contributed by atoms with van der Waals surface area (Å²) in [5.41, 5.74) is 3.03. The van der Waals surface area contributed by atoms with E-state index in [4.69, 9.17) is 14.2 Å². The van der Waals surface area contributed by atoms with Crippen LogP contribution in [0.5, 0.6) is 0 Å². The molecule has 0 radical (unpaired) electrons. The van der Waals surface area contributed by atoms with Crippen LogP contribution in [0.3, 0.4) is 0 Å². The van der Waals surface area contributed by atoms with E-state index in [9.17, 15) is 19.2 Å². The van der Waals surface area contributed by atoms with Crippen LogP contribution >= 0.6 is 0 Å². The SMILES string of the molecule is Cc1ccc(C(=O)OCc2ccc([C@@H](CNC(=O)OC(C)(C)C)C(=O)N3CCOC3=O)cc2)c(C)c1. The number of carbonyl (C=O) groups excluding carboxylic acids is 4. The number of amides is 3. The maximum atomic E-state index is 13.1. The van der Waals surface area contributed by atoms with Crippen LogP contribution in [0.15, 0.2) is 42.5 Å². The lowest BCUT2D eigenvalue weighted by Crippen LogP contribution is -2.42. The van der Waals surface area contributed by atoms with E-state index in [1.165, 1.54) is 0 Å². The van der Waals surface area contributed by atoms with Crippen molar-refractivity contribution in [2.75, 3.05) is 19.7 Å². The fraction of sp³-hybridized carbons (Fsp3) is 0.407. The Morgan fingerprint density at radius 3 is 2.36 bits per heavy atom. The molecule has 1 atom stereocenters. The summed E-state index contributed by atoms with van der Waals surface area (Å²) >= 11 is 0. The first kappa shape index (κ1) is 26.7. The van der Waals surface area contributed by atoms with Crippen molar-refractivity contribution in [3.63, 3.8) is 0 Å². The second kappa shape index (κ2) is 11.2. The van der Waals surface area contributed by atoms with Crippen LogP contribution < -0.4 is 5.32 Å². The molecule has 1 aliphatic rings. The summed E-state index contributed by atoms with van der Waals surface area (Å²) < 4.78 is 15.6. The van der Waals surface area contributed by atoms with E-state index in [0.717, 1.165) is 21.6 Å². The molecule has 1 aliphatic heterocycles. The van der Waals surface area contributed by atoms with Crippen LogP contribution in [0.25, 0.3) is 0 Å². The molecule has 0 aliphatic carbocycles. The van der Waals surface area contributed by atoms with E-state index >= 15 is 0 Å². The van der Waals surface area contributed by atoms with Gasteiger partial charge in [-0.3, -0.25) is 4.79 Å². The molecule has 2 aromatic carbocycles. The van der Waals surface area contributed by atoms with Crippen molar-refractivity contribution in [2.24, 2.45) is 0 Å². The fourth-order valence-electron chi connectivity index (χ4n) is 3.74. The maximum absolute atomic E-state index is 13.1. The van der Waals surface area contributed by atoms with Gasteiger partial charge in [-0.2, -0.15) is 0 Å². The monoisotopic (exact) mass is 496 g/mol. The molecule has 3 amide bonds. The van der Waals surface area contributed by atoms with Gasteiger partial charge in [-0.05, 0) is 57.4 Å². The number of cyclic esters (lactones) is 1. The molecular formula is C27H32N2O7. The highest BCUT2D eigenvalue weighted by atomic mass is 16.6. The van der Waals surface area contributed by atoms with Gasteiger partial charge in [0.25, 0.3) is 0 Å². The Labute approximate surface area is 210 Å². The molecule has 0 aromatic heterocycles. The van der Waals surface area contributed by atoms with Crippen LogP contribution in [-0.2, 0) is 25.6 Å². The largest absolute Gasteiger partial charge is 0.457 e. The van der Waals surface area contributed by atoms with E-state index < -0.39 is 35.6 Å². The van der Waals surface area contributed by atoms with Crippen molar-refractivity contribution in [1.29, 1.82) is 0 Å². The number of hydrogen-bond donors (Lipinski definition) is 1. The minimum Gasteiger partial charge on any atom is -0.457 e. The lowest BCUT2D eigenvalue weighted by Gasteiger charge is -2.23. The average Bonchev–Trinajstić information content (AvgIpc) is 3.23. The molecule has 0 spiro atoms. The predicted molar refractivity (Wildman–Crippen MR) is 132 cm³/mol. The van der Waals surface area contributed by atoms with E-state index in [-0.39, 0.29) is 26.3 Å². The highest BCUT2D eigenvalue weighted by molar-refractivity contribution is 5.97. The minimum atomic E-state index is -0.838. The first-order valence-electron chi connectivity index (χ1n) is 11.7. The van der Waals surface area contributed by atoms with Gasteiger partial charge in [-0.25, -0.2) is 19.3 Å². The Hall–Kier alpha value is -3.88. The molecular weight excluding hydrogens is 464 g/mol. The third kappa shape index (κ3) is 7.07. The highest BCUT2D eigenvalue weighted by Gasteiger charge is 2.34. The molecule has 2 aromatic rings. The van der Waals surface area contributed by atoms with Crippen molar-refractivity contribution >= 4 is 24.1 Å². The summed E-state index contributed by atoms with van der Waals surface area (Å²) in [4.78, 5) is 50.8. The fourth-order valence-corrected chi connectivity index (χ4v) is 3.74. The first-order chi connectivity index (χ1) is 16.9. The smallest absolute Gasteiger partial charge is 0.416 e. The summed E-state index contributed by atoms with van der Waals surface area (Å²) in [6.45, 7) is 9.28. The number of aryl methyl sites for hydroxylation is 2. The summed E-state index contributed by atoms with van der Waals surface area (Å²) in [6.07, 6.45) is -1.38. The van der Waals surface area contributed by atoms with Gasteiger partial charge in [0.05, 0.1) is 18.0 Å². The zero-order valence-electron chi connectivity index (χ0n) is 21.3. The van der Waals surface area contributed by atoms with E-state index in [2.05, 4.69) is 5.32 Å². The van der Waals surface area contributed by atoms with Crippen LogP contribution in [0.1, 0.15) is 59.3 Å². The Bertz CT molecular complexity index is 1140. The minimum absolute atomic E-state index is 0.0552. The lowest BCUT2D eigenvalue weighted by molar-refractivity contribution is -0.129. The zero-order chi connectivity index (χ0) is 26.5. The molecule has 0 saturated carbocycles. The van der Waals surface area contributed by atoms with Crippen molar-refractivity contribution in [3.05, 3.63) is 70.3 Å². The van der Waals surface area contributed by atoms with Crippen molar-refractivity contribution in [3.8, 4) is 0 Å². The topological polar surface area (TPSA) is 111 Å². The molecule has 9 heteroatoms. The number of hydrogen-bond acceptors (Lipinski definition) is 7. The maximum Gasteiger partial charge on any atom is 0.416 e. The van der Waals surface area contributed by atoms with Crippen molar-refractivity contribution < 1.29 is 33.4 Å². The molecule has 1 N–H and O–H groups in total. The van der Waals surface area contributed by atoms with E-state index in [1.54, 1.807) is 51.1 Å². The van der Waals surface area contributed by atoms with Gasteiger partial charge in [0.1, 0.15) is 18.8 Å². The molecule has 36 heavy (non-hydrogen) atoms. The molecule has 9 nitrogen and oxygen atoms in total. The van der Waals surface area contributed by atoms with Crippen LogP contribution in [-0.4, -0.2) is 54.3 Å². The molecule has 1 fully saturated rings. The van der Waals surface area contributed by atoms with Crippen molar-refractivity contribution in [2.45, 2.75) is 52.7 Å². The van der Waals surface area contributed by atoms with Crippen LogP contribution in [0, 0.1) is 13.8 Å². The van der Waals surface area contributed by atoms with Gasteiger partial charge in [0.15, 0.2) is 0 Å². The number of alkyl carbamates (subject to hydrolysis) is 1. The summed E-state index contributed by atoms with van der Waals surface area (Å²) in [5.74, 6) is -1.74. The quantitative estimate of drug-likeness (QED) is 0.451. The lowest BCUT2D eigenvalue weighted by atomic mass is 9.96. The van der Waals surface area contributed by atoms with Gasteiger partial charge in [0.2, 0.25) is 5.91 Å². The second-order valence-electron chi connectivity index (χ2n) is 9.68. The van der Waals surface area contributed by atoms with E-state index in [0.29, 0.717) is 11.1 Å². The van der Waals surface area contributed by atoms with Gasteiger partial charge >= 0.3 is 18.2 Å². The van der Waals surface area contributed by atoms with Crippen LogP contribution in [0.2, 0.25) is 0 Å². The highest BCUT2D eigenvalue weighted by Crippen LogP contribution is 2.22. The third-order valence-electron chi connectivity index (χ3n) is 5.53. The number of esters is 1. The normalized spacial score (nSPS) is 14.1. The Balaban J connectivity index is 1.70. The number of nitrogens with one attached hydrogen (secondary N) is 1. The zero-order valence-corrected chi connectivity index (χ0v) is 21.3. The molecule has 1 heterocycles. The number of ether oxygens (including phenoxy) is 3. The van der Waals surface area contributed by atoms with Gasteiger partial charge in [-0.1, -0.05) is 42.0 Å². The molecule has 3 rings (SSSR count). The number of imide groups is 1. The second-order valence-corrected chi connectivity index (χ2v) is 9.68. The van der Waals surface area contributed by atoms with Crippen LogP contribution in [0.4, 0.5) is 9.59 Å². The molecule has 0 unspecified atom stereocenters. The van der Waals surface area contributed by atoms with Gasteiger partial charge in [-0.15, -0.1) is 0 Å². The molecule has 192 valence electrons. The Morgan fingerprint density at radius 1 is 1.08 bits per heavy atom. The molecule has 0 bridgehead atoms. The average molecular weight is 497 g/mol. The predicted octanol–water partition coefficient (Wildman–Crippen LogP) is 4.25. The number of nitrogens with zero attached hydrogens (tertiary/aromatic N) is 1. The van der Waals surface area contributed by atoms with E-state index in [1.807, 2.05) is 26.0 Å². The summed E-state index contributed by atoms with van der Waals surface area (Å²) in [6, 6.07) is 12.4. The van der Waals surface area contributed by atoms with Crippen molar-refractivity contribution in [1.82, 2.24) is 10.2 Å². The summed E-state index contributed by atoms with van der Waals surface area (Å²) in [5, 5.41) is 2.61. The van der Waals surface area contributed by atoms with Gasteiger partial charge in [0, 0.05) is 6.54 Å². The Kier molecular flexibility index (Phi) is 8.34. The third-order valence-corrected chi connectivity index (χ3v) is 5.53. The first-order valence-corrected chi connectivity index (χ1v) is 11.7. The Morgan fingerprint density at radius 2 is 1.78 bits per heavy atom.